The number of hydrogen-bond donors (Lipinski definition) is 1. The lowest BCUT2D eigenvalue weighted by Crippen LogP contribution is -2.14. The number of nitrogens with zero attached hydrogens (tertiary/aromatic N) is 3. The number of fused-ring (bicyclic) bond motifs is 1. The molecule has 1 amide bonds. The van der Waals surface area contributed by atoms with Gasteiger partial charge in [0.15, 0.2) is 5.65 Å². The smallest absolute Gasteiger partial charge is 0.412 e. The molecule has 126 valence electrons. The topological polar surface area (TPSA) is 107 Å². The maximum absolute atomic E-state index is 12.0. The van der Waals surface area contributed by atoms with Crippen molar-refractivity contribution in [3.8, 4) is 0 Å². The van der Waals surface area contributed by atoms with Crippen molar-refractivity contribution in [1.82, 2.24) is 9.97 Å². The highest BCUT2D eigenvalue weighted by Gasteiger charge is 2.10. The second-order valence-corrected chi connectivity index (χ2v) is 5.30. The van der Waals surface area contributed by atoms with Crippen LogP contribution in [0.2, 0.25) is 0 Å². The Bertz CT molecular complexity index is 958. The van der Waals surface area contributed by atoms with E-state index in [0.29, 0.717) is 22.6 Å². The zero-order chi connectivity index (χ0) is 17.8. The van der Waals surface area contributed by atoms with Crippen molar-refractivity contribution in [3.05, 3.63) is 70.0 Å². The molecular formula is C17H14N4O4. The number of aromatic nitrogens is 2. The van der Waals surface area contributed by atoms with Crippen LogP contribution in [0.3, 0.4) is 0 Å². The number of carbonyl (C=O) groups is 1. The summed E-state index contributed by atoms with van der Waals surface area (Å²) in [7, 11) is 0. The molecule has 0 spiro atoms. The minimum Gasteiger partial charge on any atom is -0.444 e. The van der Waals surface area contributed by atoms with Crippen LogP contribution in [0.1, 0.15) is 11.3 Å². The number of ether oxygens (including phenoxy) is 1. The second-order valence-electron chi connectivity index (χ2n) is 5.30. The number of aryl methyl sites for hydroxylation is 1. The van der Waals surface area contributed by atoms with Crippen LogP contribution in [0.15, 0.2) is 48.7 Å². The van der Waals surface area contributed by atoms with Gasteiger partial charge in [-0.05, 0) is 30.7 Å². The zero-order valence-electron chi connectivity index (χ0n) is 13.3. The molecular weight excluding hydrogens is 324 g/mol. The minimum atomic E-state index is -0.667. The number of nitro groups is 1. The lowest BCUT2D eigenvalue weighted by atomic mass is 10.2. The standard InChI is InChI=1S/C17H14N4O4/c1-11-15(9-13-5-3-7-18-16(13)19-11)20-17(22)25-10-12-4-2-6-14(8-12)21(23)24/h2-9H,10H2,1H3,(H,20,22). The van der Waals surface area contributed by atoms with Crippen LogP contribution in [-0.2, 0) is 11.3 Å². The number of carbonyl (C=O) groups excluding carboxylic acids is 1. The van der Waals surface area contributed by atoms with Crippen molar-refractivity contribution >= 4 is 28.5 Å². The Labute approximate surface area is 142 Å². The minimum absolute atomic E-state index is 0.0522. The summed E-state index contributed by atoms with van der Waals surface area (Å²) in [4.78, 5) is 30.7. The van der Waals surface area contributed by atoms with Crippen LogP contribution in [0.25, 0.3) is 11.0 Å². The van der Waals surface area contributed by atoms with Gasteiger partial charge in [0.2, 0.25) is 0 Å². The fourth-order valence-corrected chi connectivity index (χ4v) is 2.28. The molecule has 2 heterocycles. The quantitative estimate of drug-likeness (QED) is 0.575. The third kappa shape index (κ3) is 3.86. The number of anilines is 1. The molecule has 0 saturated carbocycles. The van der Waals surface area contributed by atoms with Crippen LogP contribution < -0.4 is 5.32 Å². The maximum atomic E-state index is 12.0. The first-order chi connectivity index (χ1) is 12.0. The Morgan fingerprint density at radius 1 is 1.28 bits per heavy atom. The van der Waals surface area contributed by atoms with E-state index in [1.165, 1.54) is 12.1 Å². The van der Waals surface area contributed by atoms with Crippen molar-refractivity contribution in [2.75, 3.05) is 5.32 Å². The predicted molar refractivity (Wildman–Crippen MR) is 91.2 cm³/mol. The van der Waals surface area contributed by atoms with Gasteiger partial charge in [-0.15, -0.1) is 0 Å². The molecule has 0 unspecified atom stereocenters. The molecule has 0 aliphatic carbocycles. The van der Waals surface area contributed by atoms with E-state index in [4.69, 9.17) is 4.74 Å². The molecule has 8 heteroatoms. The number of hydrogen-bond acceptors (Lipinski definition) is 6. The van der Waals surface area contributed by atoms with E-state index in [9.17, 15) is 14.9 Å². The van der Waals surface area contributed by atoms with Gasteiger partial charge in [0.1, 0.15) is 6.61 Å². The summed E-state index contributed by atoms with van der Waals surface area (Å²) in [6.07, 6.45) is 0.981. The van der Waals surface area contributed by atoms with Crippen molar-refractivity contribution in [3.63, 3.8) is 0 Å². The normalized spacial score (nSPS) is 10.4. The van der Waals surface area contributed by atoms with Gasteiger partial charge in [-0.2, -0.15) is 0 Å². The summed E-state index contributed by atoms with van der Waals surface area (Å²) >= 11 is 0. The number of nitrogens with one attached hydrogen (secondary N) is 1. The molecule has 1 N–H and O–H groups in total. The lowest BCUT2D eigenvalue weighted by Gasteiger charge is -2.10. The molecule has 1 aromatic carbocycles. The van der Waals surface area contributed by atoms with E-state index in [-0.39, 0.29) is 12.3 Å². The molecule has 0 fully saturated rings. The number of pyridine rings is 2. The summed E-state index contributed by atoms with van der Waals surface area (Å²) in [6, 6.07) is 11.3. The lowest BCUT2D eigenvalue weighted by molar-refractivity contribution is -0.384. The number of nitro benzene ring substituents is 1. The number of benzene rings is 1. The predicted octanol–water partition coefficient (Wildman–Crippen LogP) is 3.60. The van der Waals surface area contributed by atoms with Crippen LogP contribution >= 0.6 is 0 Å². The van der Waals surface area contributed by atoms with Gasteiger partial charge in [0.05, 0.1) is 16.3 Å². The molecule has 25 heavy (non-hydrogen) atoms. The summed E-state index contributed by atoms with van der Waals surface area (Å²) < 4.78 is 5.12. The third-order valence-corrected chi connectivity index (χ3v) is 3.51. The van der Waals surface area contributed by atoms with Gasteiger partial charge in [-0.1, -0.05) is 12.1 Å². The highest BCUT2D eigenvalue weighted by Crippen LogP contribution is 2.19. The molecule has 0 aliphatic rings. The maximum Gasteiger partial charge on any atom is 0.412 e. The Balaban J connectivity index is 1.67. The zero-order valence-corrected chi connectivity index (χ0v) is 13.3. The summed E-state index contributed by atoms with van der Waals surface area (Å²) in [5.41, 5.74) is 2.20. The van der Waals surface area contributed by atoms with Gasteiger partial charge in [-0.25, -0.2) is 14.8 Å². The summed E-state index contributed by atoms with van der Waals surface area (Å²) in [5.74, 6) is 0. The molecule has 3 aromatic rings. The van der Waals surface area contributed by atoms with E-state index >= 15 is 0 Å². The number of amides is 1. The first kappa shape index (κ1) is 16.3. The monoisotopic (exact) mass is 338 g/mol. The van der Waals surface area contributed by atoms with Crippen LogP contribution in [-0.4, -0.2) is 21.0 Å². The molecule has 8 nitrogen and oxygen atoms in total. The fraction of sp³-hybridized carbons (Fsp3) is 0.118. The van der Waals surface area contributed by atoms with Gasteiger partial charge < -0.3 is 4.74 Å². The largest absolute Gasteiger partial charge is 0.444 e. The van der Waals surface area contributed by atoms with E-state index in [0.717, 1.165) is 5.39 Å². The van der Waals surface area contributed by atoms with Crippen LogP contribution in [0, 0.1) is 17.0 Å². The average Bonchev–Trinajstić information content (AvgIpc) is 2.61. The van der Waals surface area contributed by atoms with Crippen molar-refractivity contribution in [2.45, 2.75) is 13.5 Å². The van der Waals surface area contributed by atoms with Crippen molar-refractivity contribution in [2.24, 2.45) is 0 Å². The molecule has 0 bridgehead atoms. The Hall–Kier alpha value is -3.55. The number of non-ortho nitro benzene ring substituents is 1. The molecule has 3 rings (SSSR count). The number of rotatable bonds is 4. The Kier molecular flexibility index (Phi) is 4.51. The Morgan fingerprint density at radius 3 is 2.92 bits per heavy atom. The second kappa shape index (κ2) is 6.91. The van der Waals surface area contributed by atoms with Gasteiger partial charge in [0.25, 0.3) is 5.69 Å². The molecule has 0 aliphatic heterocycles. The van der Waals surface area contributed by atoms with Gasteiger partial charge in [0, 0.05) is 23.7 Å². The first-order valence-corrected chi connectivity index (χ1v) is 7.42. The highest BCUT2D eigenvalue weighted by atomic mass is 16.6. The van der Waals surface area contributed by atoms with E-state index in [1.807, 2.05) is 6.07 Å². The molecule has 0 saturated heterocycles. The van der Waals surface area contributed by atoms with Gasteiger partial charge >= 0.3 is 6.09 Å². The van der Waals surface area contributed by atoms with E-state index in [1.54, 1.807) is 37.4 Å². The molecule has 0 atom stereocenters. The summed E-state index contributed by atoms with van der Waals surface area (Å²) in [6.45, 7) is 1.68. The SMILES string of the molecule is Cc1nc2ncccc2cc1NC(=O)OCc1cccc([N+](=O)[O-])c1. The molecule has 2 aromatic heterocycles. The van der Waals surface area contributed by atoms with E-state index in [2.05, 4.69) is 15.3 Å². The Morgan fingerprint density at radius 2 is 2.12 bits per heavy atom. The highest BCUT2D eigenvalue weighted by molar-refractivity contribution is 5.89. The first-order valence-electron chi connectivity index (χ1n) is 7.42. The van der Waals surface area contributed by atoms with Crippen LogP contribution in [0.4, 0.5) is 16.2 Å². The summed E-state index contributed by atoms with van der Waals surface area (Å²) in [5, 5.41) is 14.2. The fourth-order valence-electron chi connectivity index (χ4n) is 2.28. The van der Waals surface area contributed by atoms with Crippen molar-refractivity contribution < 1.29 is 14.5 Å². The van der Waals surface area contributed by atoms with Crippen molar-refractivity contribution in [1.29, 1.82) is 0 Å². The van der Waals surface area contributed by atoms with Gasteiger partial charge in [-0.3, -0.25) is 15.4 Å². The molecule has 0 radical (unpaired) electrons. The van der Waals surface area contributed by atoms with E-state index < -0.39 is 11.0 Å². The third-order valence-electron chi connectivity index (χ3n) is 3.51. The average molecular weight is 338 g/mol. The van der Waals surface area contributed by atoms with Crippen LogP contribution in [0.5, 0.6) is 0 Å².